The molecule has 9 nitrogen and oxygen atoms in total. The molecule has 0 saturated carbocycles. The quantitative estimate of drug-likeness (QED) is 0.419. The largest absolute Gasteiger partial charge is 0.493 e. The van der Waals surface area contributed by atoms with E-state index < -0.39 is 5.91 Å². The van der Waals surface area contributed by atoms with E-state index in [0.717, 1.165) is 0 Å². The molecule has 0 fully saturated rings. The molecular weight excluding hydrogens is 376 g/mol. The van der Waals surface area contributed by atoms with E-state index in [9.17, 15) is 9.59 Å². The maximum absolute atomic E-state index is 11.4. The van der Waals surface area contributed by atoms with Crippen LogP contribution in [0.5, 0.6) is 11.5 Å². The molecule has 0 radical (unpaired) electrons. The Morgan fingerprint density at radius 2 is 1.52 bits per heavy atom. The predicted molar refractivity (Wildman–Crippen MR) is 104 cm³/mol. The van der Waals surface area contributed by atoms with Gasteiger partial charge in [-0.25, -0.2) is 4.79 Å². The van der Waals surface area contributed by atoms with Crippen molar-refractivity contribution in [3.05, 3.63) is 59.8 Å². The van der Waals surface area contributed by atoms with Crippen molar-refractivity contribution in [2.75, 3.05) is 20.3 Å². The highest BCUT2D eigenvalue weighted by Crippen LogP contribution is 2.22. The van der Waals surface area contributed by atoms with Gasteiger partial charge in [0.05, 0.1) is 25.9 Å². The first-order valence-electron chi connectivity index (χ1n) is 8.83. The molecule has 0 aliphatic heterocycles. The maximum Gasteiger partial charge on any atom is 0.337 e. The van der Waals surface area contributed by atoms with Crippen molar-refractivity contribution in [1.82, 2.24) is 15.4 Å². The van der Waals surface area contributed by atoms with Gasteiger partial charge in [-0.3, -0.25) is 4.79 Å². The normalized spacial score (nSPS) is 10.4. The van der Waals surface area contributed by atoms with Gasteiger partial charge in [0, 0.05) is 12.0 Å². The number of H-pyrrole nitrogens is 1. The topological polar surface area (TPSA) is 129 Å². The first-order valence-corrected chi connectivity index (χ1v) is 8.83. The van der Waals surface area contributed by atoms with Crippen molar-refractivity contribution in [3.8, 4) is 22.8 Å². The van der Waals surface area contributed by atoms with Crippen molar-refractivity contribution in [3.63, 3.8) is 0 Å². The minimum atomic E-state index is -0.644. The van der Waals surface area contributed by atoms with Crippen LogP contribution in [-0.2, 0) is 4.74 Å². The third kappa shape index (κ3) is 5.10. The molecule has 1 amide bonds. The highest BCUT2D eigenvalue weighted by Gasteiger charge is 2.14. The highest BCUT2D eigenvalue weighted by atomic mass is 16.5. The number of carbonyl (C=O) groups is 2. The number of nitrogens with two attached hydrogens (primary N) is 1. The van der Waals surface area contributed by atoms with Gasteiger partial charge in [-0.05, 0) is 48.5 Å². The summed E-state index contributed by atoms with van der Waals surface area (Å²) in [4.78, 5) is 22.7. The van der Waals surface area contributed by atoms with Crippen LogP contribution in [0, 0.1) is 0 Å². The number of carbonyl (C=O) groups excluding carboxylic acids is 2. The molecule has 0 aliphatic rings. The molecule has 1 aromatic heterocycles. The van der Waals surface area contributed by atoms with Gasteiger partial charge in [-0.15, -0.1) is 0 Å². The molecule has 150 valence electrons. The van der Waals surface area contributed by atoms with Crippen LogP contribution in [-0.4, -0.2) is 47.6 Å². The number of aromatic amines is 1. The average molecular weight is 396 g/mol. The van der Waals surface area contributed by atoms with Gasteiger partial charge in [-0.1, -0.05) is 0 Å². The maximum atomic E-state index is 11.4. The summed E-state index contributed by atoms with van der Waals surface area (Å²) in [7, 11) is 1.34. The van der Waals surface area contributed by atoms with Gasteiger partial charge in [0.15, 0.2) is 5.69 Å². The number of rotatable bonds is 9. The Morgan fingerprint density at radius 3 is 2.07 bits per heavy atom. The van der Waals surface area contributed by atoms with E-state index in [1.165, 1.54) is 7.11 Å². The fourth-order valence-corrected chi connectivity index (χ4v) is 2.56. The number of aromatic nitrogens is 3. The predicted octanol–water partition coefficient (Wildman–Crippen LogP) is 2.21. The smallest absolute Gasteiger partial charge is 0.337 e. The number of amides is 1. The van der Waals surface area contributed by atoms with Crippen LogP contribution >= 0.6 is 0 Å². The minimum absolute atomic E-state index is 0.0930. The van der Waals surface area contributed by atoms with Crippen LogP contribution in [0.4, 0.5) is 0 Å². The van der Waals surface area contributed by atoms with Crippen molar-refractivity contribution in [2.24, 2.45) is 5.73 Å². The van der Waals surface area contributed by atoms with Crippen LogP contribution in [0.1, 0.15) is 27.3 Å². The Labute approximate surface area is 166 Å². The first-order chi connectivity index (χ1) is 14.1. The summed E-state index contributed by atoms with van der Waals surface area (Å²) in [5, 5.41) is 10.1. The summed E-state index contributed by atoms with van der Waals surface area (Å²) in [6.07, 6.45) is 0.676. The SMILES string of the molecule is COC(=O)c1ccc(OCCCOc2ccc(-c3n[nH]nc3C(N)=O)cc2)cc1. The van der Waals surface area contributed by atoms with E-state index in [0.29, 0.717) is 48.0 Å². The molecule has 29 heavy (non-hydrogen) atoms. The van der Waals surface area contributed by atoms with Crippen molar-refractivity contribution < 1.29 is 23.8 Å². The Kier molecular flexibility index (Phi) is 6.41. The van der Waals surface area contributed by atoms with Gasteiger partial charge in [0.25, 0.3) is 5.91 Å². The average Bonchev–Trinajstić information content (AvgIpc) is 3.24. The lowest BCUT2D eigenvalue weighted by atomic mass is 10.1. The Hall–Kier alpha value is -3.88. The molecule has 0 spiro atoms. The van der Waals surface area contributed by atoms with Gasteiger partial charge >= 0.3 is 5.97 Å². The lowest BCUT2D eigenvalue weighted by Crippen LogP contribution is -2.12. The summed E-state index contributed by atoms with van der Waals surface area (Å²) < 4.78 is 16.0. The summed E-state index contributed by atoms with van der Waals surface area (Å²) in [5.74, 6) is 0.319. The Bertz CT molecular complexity index is 967. The van der Waals surface area contributed by atoms with Gasteiger partial charge < -0.3 is 19.9 Å². The van der Waals surface area contributed by atoms with Gasteiger partial charge in [0.2, 0.25) is 0 Å². The summed E-state index contributed by atoms with van der Waals surface area (Å²) in [6, 6.07) is 13.8. The second kappa shape index (κ2) is 9.36. The number of hydrogen-bond acceptors (Lipinski definition) is 7. The lowest BCUT2D eigenvalue weighted by Gasteiger charge is -2.09. The molecule has 1 heterocycles. The molecule has 0 aliphatic carbocycles. The monoisotopic (exact) mass is 396 g/mol. The standard InChI is InChI=1S/C20H20N4O5/c1-27-20(26)14-5-9-16(10-6-14)29-12-2-11-28-15-7-3-13(4-8-15)17-18(19(21)25)23-24-22-17/h3-10H,2,11-12H2,1H3,(H2,21,25)(H,22,23,24). The Morgan fingerprint density at radius 1 is 0.931 bits per heavy atom. The third-order valence-corrected chi connectivity index (χ3v) is 4.01. The zero-order valence-corrected chi connectivity index (χ0v) is 15.8. The van der Waals surface area contributed by atoms with Crippen molar-refractivity contribution in [1.29, 1.82) is 0 Å². The van der Waals surface area contributed by atoms with E-state index in [-0.39, 0.29) is 11.7 Å². The van der Waals surface area contributed by atoms with E-state index >= 15 is 0 Å². The fraction of sp³-hybridized carbons (Fsp3) is 0.200. The molecule has 0 saturated heterocycles. The van der Waals surface area contributed by atoms with E-state index in [1.54, 1.807) is 48.5 Å². The summed E-state index contributed by atoms with van der Waals surface area (Å²) >= 11 is 0. The Balaban J connectivity index is 1.43. The number of methoxy groups -OCH3 is 1. The number of nitrogens with zero attached hydrogens (tertiary/aromatic N) is 2. The zero-order chi connectivity index (χ0) is 20.6. The number of nitrogens with one attached hydrogen (secondary N) is 1. The van der Waals surface area contributed by atoms with E-state index in [4.69, 9.17) is 15.2 Å². The molecule has 2 aromatic carbocycles. The molecular formula is C20H20N4O5. The zero-order valence-electron chi connectivity index (χ0n) is 15.8. The van der Waals surface area contributed by atoms with Crippen LogP contribution in [0.3, 0.4) is 0 Å². The minimum Gasteiger partial charge on any atom is -0.493 e. The second-order valence-electron chi connectivity index (χ2n) is 5.98. The molecule has 3 rings (SSSR count). The second-order valence-corrected chi connectivity index (χ2v) is 5.98. The first kappa shape index (κ1) is 19.9. The van der Waals surface area contributed by atoms with Crippen LogP contribution < -0.4 is 15.2 Å². The van der Waals surface area contributed by atoms with E-state index in [1.807, 2.05) is 0 Å². The van der Waals surface area contributed by atoms with Crippen molar-refractivity contribution in [2.45, 2.75) is 6.42 Å². The van der Waals surface area contributed by atoms with Crippen LogP contribution in [0.2, 0.25) is 0 Å². The fourth-order valence-electron chi connectivity index (χ4n) is 2.56. The number of ether oxygens (including phenoxy) is 3. The van der Waals surface area contributed by atoms with Gasteiger partial charge in [-0.2, -0.15) is 15.4 Å². The number of hydrogen-bond donors (Lipinski definition) is 2. The molecule has 0 unspecified atom stereocenters. The summed E-state index contributed by atoms with van der Waals surface area (Å²) in [5.41, 5.74) is 6.94. The molecule has 0 bridgehead atoms. The van der Waals surface area contributed by atoms with Gasteiger partial charge in [0.1, 0.15) is 17.2 Å². The third-order valence-electron chi connectivity index (χ3n) is 4.01. The van der Waals surface area contributed by atoms with Crippen LogP contribution in [0.15, 0.2) is 48.5 Å². The number of primary amides is 1. The summed E-state index contributed by atoms with van der Waals surface area (Å²) in [6.45, 7) is 0.937. The highest BCUT2D eigenvalue weighted by molar-refractivity contribution is 5.96. The van der Waals surface area contributed by atoms with Crippen LogP contribution in [0.25, 0.3) is 11.3 Å². The number of esters is 1. The number of benzene rings is 2. The van der Waals surface area contributed by atoms with Crippen molar-refractivity contribution >= 4 is 11.9 Å². The molecule has 0 atom stereocenters. The van der Waals surface area contributed by atoms with E-state index in [2.05, 4.69) is 20.1 Å². The molecule has 3 N–H and O–H groups in total. The molecule has 3 aromatic rings. The molecule has 9 heteroatoms. The lowest BCUT2D eigenvalue weighted by molar-refractivity contribution is 0.0600.